The normalized spacial score (nSPS) is 20.0. The minimum atomic E-state index is -0.142. The number of rotatable bonds is 4. The Morgan fingerprint density at radius 1 is 1.22 bits per heavy atom. The van der Waals surface area contributed by atoms with Gasteiger partial charge in [-0.2, -0.15) is 0 Å². The van der Waals surface area contributed by atoms with Gasteiger partial charge in [-0.15, -0.1) is 0 Å². The van der Waals surface area contributed by atoms with Gasteiger partial charge in [0.15, 0.2) is 0 Å². The van der Waals surface area contributed by atoms with Crippen LogP contribution in [-0.4, -0.2) is 12.7 Å². The fraction of sp³-hybridized carbons (Fsp3) is 0.600. The van der Waals surface area contributed by atoms with Crippen molar-refractivity contribution in [2.24, 2.45) is 5.84 Å². The Labute approximate surface area is 110 Å². The van der Waals surface area contributed by atoms with Crippen LogP contribution >= 0.6 is 0 Å². The van der Waals surface area contributed by atoms with E-state index in [-0.39, 0.29) is 11.6 Å². The van der Waals surface area contributed by atoms with Crippen molar-refractivity contribution < 1.29 is 4.74 Å². The lowest BCUT2D eigenvalue weighted by Gasteiger charge is -2.36. The number of hydrazine groups is 1. The van der Waals surface area contributed by atoms with Gasteiger partial charge in [0.1, 0.15) is 0 Å². The minimum Gasteiger partial charge on any atom is -0.376 e. The van der Waals surface area contributed by atoms with Crippen LogP contribution in [0.25, 0.3) is 0 Å². The molecular weight excluding hydrogens is 224 g/mol. The second-order valence-electron chi connectivity index (χ2n) is 5.42. The molecule has 3 heteroatoms. The summed E-state index contributed by atoms with van der Waals surface area (Å²) in [5, 5.41) is 0. The molecule has 1 aromatic carbocycles. The van der Waals surface area contributed by atoms with Crippen LogP contribution in [0.4, 0.5) is 0 Å². The van der Waals surface area contributed by atoms with Crippen molar-refractivity contribution in [3.63, 3.8) is 0 Å². The molecule has 2 rings (SSSR count). The number of aryl methyl sites for hydroxylation is 2. The van der Waals surface area contributed by atoms with E-state index in [2.05, 4.69) is 37.5 Å². The van der Waals surface area contributed by atoms with Gasteiger partial charge in [0.25, 0.3) is 0 Å². The molecule has 1 saturated carbocycles. The number of hydrogen-bond acceptors (Lipinski definition) is 3. The summed E-state index contributed by atoms with van der Waals surface area (Å²) < 4.78 is 5.83. The summed E-state index contributed by atoms with van der Waals surface area (Å²) in [7, 11) is 1.80. The van der Waals surface area contributed by atoms with Gasteiger partial charge in [-0.25, -0.2) is 0 Å². The Kier molecular flexibility index (Phi) is 4.05. The molecule has 0 aliphatic heterocycles. The van der Waals surface area contributed by atoms with E-state index >= 15 is 0 Å². The van der Waals surface area contributed by atoms with Crippen LogP contribution in [0.2, 0.25) is 0 Å². The molecule has 100 valence electrons. The molecule has 0 radical (unpaired) electrons. The van der Waals surface area contributed by atoms with Crippen LogP contribution in [-0.2, 0) is 4.74 Å². The Balaban J connectivity index is 2.34. The maximum atomic E-state index is 5.83. The van der Waals surface area contributed by atoms with Gasteiger partial charge in [-0.05, 0) is 43.4 Å². The average molecular weight is 248 g/mol. The van der Waals surface area contributed by atoms with Crippen molar-refractivity contribution in [2.75, 3.05) is 7.11 Å². The van der Waals surface area contributed by atoms with E-state index in [9.17, 15) is 0 Å². The van der Waals surface area contributed by atoms with Gasteiger partial charge in [-0.1, -0.05) is 31.0 Å². The molecule has 3 N–H and O–H groups in total. The van der Waals surface area contributed by atoms with E-state index in [0.29, 0.717) is 0 Å². The molecule has 1 aliphatic rings. The van der Waals surface area contributed by atoms with Crippen LogP contribution in [0.1, 0.15) is 48.4 Å². The van der Waals surface area contributed by atoms with Gasteiger partial charge < -0.3 is 4.74 Å². The lowest BCUT2D eigenvalue weighted by Crippen LogP contribution is -2.46. The lowest BCUT2D eigenvalue weighted by atomic mass is 9.86. The van der Waals surface area contributed by atoms with Crippen molar-refractivity contribution in [3.8, 4) is 0 Å². The molecule has 1 atom stereocenters. The summed E-state index contributed by atoms with van der Waals surface area (Å²) in [6.07, 6.45) is 4.59. The monoisotopic (exact) mass is 248 g/mol. The molecule has 0 saturated heterocycles. The molecule has 3 nitrogen and oxygen atoms in total. The lowest BCUT2D eigenvalue weighted by molar-refractivity contribution is -0.0368. The first kappa shape index (κ1) is 13.5. The van der Waals surface area contributed by atoms with E-state index < -0.39 is 0 Å². The molecule has 1 fully saturated rings. The molecule has 0 bridgehead atoms. The predicted molar refractivity (Wildman–Crippen MR) is 74.2 cm³/mol. The van der Waals surface area contributed by atoms with Crippen molar-refractivity contribution in [3.05, 3.63) is 34.9 Å². The van der Waals surface area contributed by atoms with Gasteiger partial charge >= 0.3 is 0 Å². The molecule has 0 spiro atoms. The average Bonchev–Trinajstić information content (AvgIpc) is 2.84. The topological polar surface area (TPSA) is 47.3 Å². The van der Waals surface area contributed by atoms with Gasteiger partial charge in [-0.3, -0.25) is 11.3 Å². The number of hydrogen-bond donors (Lipinski definition) is 2. The van der Waals surface area contributed by atoms with Crippen LogP contribution in [0.5, 0.6) is 0 Å². The Hall–Kier alpha value is -0.900. The number of ether oxygens (including phenoxy) is 1. The number of nitrogens with two attached hydrogens (primary N) is 1. The molecule has 1 aliphatic carbocycles. The summed E-state index contributed by atoms with van der Waals surface area (Å²) >= 11 is 0. The van der Waals surface area contributed by atoms with Gasteiger partial charge in [0, 0.05) is 7.11 Å². The fourth-order valence-corrected chi connectivity index (χ4v) is 3.08. The summed E-state index contributed by atoms with van der Waals surface area (Å²) in [4.78, 5) is 0. The van der Waals surface area contributed by atoms with E-state index in [1.54, 1.807) is 7.11 Å². The van der Waals surface area contributed by atoms with Crippen LogP contribution in [0.3, 0.4) is 0 Å². The summed E-state index contributed by atoms with van der Waals surface area (Å²) in [5.41, 5.74) is 6.67. The van der Waals surface area contributed by atoms with Gasteiger partial charge in [0.2, 0.25) is 0 Å². The zero-order chi connectivity index (χ0) is 13.2. The molecule has 1 unspecified atom stereocenters. The first-order chi connectivity index (χ1) is 8.63. The molecule has 0 aromatic heterocycles. The third kappa shape index (κ3) is 2.30. The molecule has 0 heterocycles. The number of methoxy groups -OCH3 is 1. The highest BCUT2D eigenvalue weighted by Crippen LogP contribution is 2.42. The number of nitrogens with one attached hydrogen (secondary N) is 1. The van der Waals surface area contributed by atoms with Crippen LogP contribution < -0.4 is 11.3 Å². The van der Waals surface area contributed by atoms with Crippen LogP contribution in [0.15, 0.2) is 18.2 Å². The van der Waals surface area contributed by atoms with E-state index in [0.717, 1.165) is 12.8 Å². The van der Waals surface area contributed by atoms with E-state index in [4.69, 9.17) is 10.6 Å². The zero-order valence-corrected chi connectivity index (χ0v) is 11.6. The highest BCUT2D eigenvalue weighted by atomic mass is 16.5. The Morgan fingerprint density at radius 2 is 1.89 bits per heavy atom. The van der Waals surface area contributed by atoms with Crippen molar-refractivity contribution >= 4 is 0 Å². The molecule has 1 aromatic rings. The smallest absolute Gasteiger partial charge is 0.0885 e. The summed E-state index contributed by atoms with van der Waals surface area (Å²) in [5.74, 6) is 5.80. The second-order valence-corrected chi connectivity index (χ2v) is 5.42. The summed E-state index contributed by atoms with van der Waals surface area (Å²) in [6.45, 7) is 4.27. The summed E-state index contributed by atoms with van der Waals surface area (Å²) in [6, 6.07) is 6.61. The first-order valence-corrected chi connectivity index (χ1v) is 6.71. The molecule has 0 amide bonds. The third-order valence-electron chi connectivity index (χ3n) is 4.41. The fourth-order valence-electron chi connectivity index (χ4n) is 3.08. The highest BCUT2D eigenvalue weighted by molar-refractivity contribution is 5.33. The molecule has 18 heavy (non-hydrogen) atoms. The minimum absolute atomic E-state index is 0.0734. The largest absolute Gasteiger partial charge is 0.376 e. The third-order valence-corrected chi connectivity index (χ3v) is 4.41. The predicted octanol–water partition coefficient (Wildman–Crippen LogP) is 2.77. The van der Waals surface area contributed by atoms with Crippen LogP contribution in [0, 0.1) is 13.8 Å². The SMILES string of the molecule is COC1(C(NN)c2ccc(C)c(C)c2)CCCC1. The second kappa shape index (κ2) is 5.39. The number of benzene rings is 1. The molecular formula is C15H24N2O. The van der Waals surface area contributed by atoms with Gasteiger partial charge in [0.05, 0.1) is 11.6 Å². The zero-order valence-electron chi connectivity index (χ0n) is 11.6. The quantitative estimate of drug-likeness (QED) is 0.636. The maximum absolute atomic E-state index is 5.83. The first-order valence-electron chi connectivity index (χ1n) is 6.71. The van der Waals surface area contributed by atoms with Crippen molar-refractivity contribution in [2.45, 2.75) is 51.2 Å². The maximum Gasteiger partial charge on any atom is 0.0885 e. The Bertz CT molecular complexity index is 411. The highest BCUT2D eigenvalue weighted by Gasteiger charge is 2.42. The van der Waals surface area contributed by atoms with E-state index in [1.165, 1.54) is 29.5 Å². The van der Waals surface area contributed by atoms with Crippen molar-refractivity contribution in [1.82, 2.24) is 5.43 Å². The standard InChI is InChI=1S/C15H24N2O/c1-11-6-7-13(10-12(11)2)14(17-16)15(18-3)8-4-5-9-15/h6-7,10,14,17H,4-5,8-9,16H2,1-3H3. The van der Waals surface area contributed by atoms with Crippen molar-refractivity contribution in [1.29, 1.82) is 0 Å². The van der Waals surface area contributed by atoms with E-state index in [1.807, 2.05) is 0 Å². The Morgan fingerprint density at radius 3 is 2.39 bits per heavy atom.